The van der Waals surface area contributed by atoms with E-state index in [4.69, 9.17) is 0 Å². The van der Waals surface area contributed by atoms with E-state index in [2.05, 4.69) is 93.7 Å². The third-order valence-electron chi connectivity index (χ3n) is 8.41. The number of aryl methyl sites for hydroxylation is 2. The summed E-state index contributed by atoms with van der Waals surface area (Å²) in [4.78, 5) is 0. The van der Waals surface area contributed by atoms with Crippen LogP contribution in [-0.2, 0) is 12.8 Å². The predicted molar refractivity (Wildman–Crippen MR) is 148 cm³/mol. The van der Waals surface area contributed by atoms with E-state index < -0.39 is 8.07 Å². The van der Waals surface area contributed by atoms with Crippen molar-refractivity contribution in [2.24, 2.45) is 0 Å². The summed E-state index contributed by atoms with van der Waals surface area (Å²) in [5.74, 6) is 0.621. The van der Waals surface area contributed by atoms with Crippen LogP contribution in [0.25, 0.3) is 32.7 Å². The van der Waals surface area contributed by atoms with Gasteiger partial charge in [-0.15, -0.1) is 87.2 Å². The van der Waals surface area contributed by atoms with Crippen LogP contribution < -0.4 is 48.1 Å². The molecule has 1 atom stereocenters. The second kappa shape index (κ2) is 10.1. The molecule has 0 aliphatic heterocycles. The summed E-state index contributed by atoms with van der Waals surface area (Å²) in [7, 11) is -1.90. The fraction of sp³-hybridized carbons (Fsp3) is 0.312. The van der Waals surface area contributed by atoms with Crippen LogP contribution in [0.1, 0.15) is 55.7 Å². The van der Waals surface area contributed by atoms with Crippen molar-refractivity contribution < 1.29 is 37.7 Å². The molecule has 35 heavy (non-hydrogen) atoms. The van der Waals surface area contributed by atoms with Gasteiger partial charge in [0.1, 0.15) is 0 Å². The van der Waals surface area contributed by atoms with Gasteiger partial charge in [-0.25, -0.2) is 0 Å². The average Bonchev–Trinajstić information content (AvgIpc) is 3.54. The van der Waals surface area contributed by atoms with E-state index in [0.29, 0.717) is 5.92 Å². The smallest absolute Gasteiger partial charge is 0.147 e. The Labute approximate surface area is 235 Å². The minimum atomic E-state index is -1.90. The zero-order valence-corrected chi connectivity index (χ0v) is 23.5. The van der Waals surface area contributed by atoms with Crippen molar-refractivity contribution >= 4 is 40.0 Å². The second-order valence-electron chi connectivity index (χ2n) is 10.8. The molecule has 6 rings (SSSR count). The molecule has 0 radical (unpaired) electrons. The first-order valence-electron chi connectivity index (χ1n) is 12.8. The Balaban J connectivity index is 0.00000144. The molecule has 3 heteroatoms. The van der Waals surface area contributed by atoms with E-state index in [-0.39, 0.29) is 37.7 Å². The molecule has 0 amide bonds. The zero-order valence-electron chi connectivity index (χ0n) is 22.5. The Bertz CT molecular complexity index is 1450. The van der Waals surface area contributed by atoms with Crippen LogP contribution in [0.4, 0.5) is 0 Å². The number of rotatable bonds is 5. The van der Waals surface area contributed by atoms with Gasteiger partial charge in [-0.05, 0) is 18.8 Å². The van der Waals surface area contributed by atoms with Crippen molar-refractivity contribution in [2.45, 2.75) is 65.0 Å². The Hall–Kier alpha value is -1.45. The maximum atomic E-state index is 2.63. The number of benzene rings is 3. The minimum Gasteiger partial charge on any atom is -0.147 e. The molecule has 0 heterocycles. The fourth-order valence-corrected chi connectivity index (χ4v) is 9.64. The molecule has 0 spiro atoms. The second-order valence-corrected chi connectivity index (χ2v) is 15.2. The monoisotopic (exact) mass is 460 g/mol. The van der Waals surface area contributed by atoms with Gasteiger partial charge in [-0.3, -0.25) is 0 Å². The molecule has 0 nitrogen and oxygen atoms in total. The van der Waals surface area contributed by atoms with Crippen LogP contribution in [0.2, 0.25) is 13.1 Å². The van der Waals surface area contributed by atoms with Crippen molar-refractivity contribution in [1.82, 2.24) is 0 Å². The van der Waals surface area contributed by atoms with E-state index in [1.54, 1.807) is 37.8 Å². The topological polar surface area (TPSA) is 0 Å². The standard InChI is InChI=1S/C32H34Si.2Li/c1-5-9-21(2)28-20-32(30-19-24-12-8-11-23(24)18-29(28)30)33(3,4)31-17-16-26-25-13-7-6-10-22(25)14-15-27(26)31;;/h6-7,10,13-21H,5,8-9,11-12H2,1-4H3;;/q-2;2*+1. The molecular formula is C32H34Li2Si. The first-order valence-corrected chi connectivity index (χ1v) is 15.8. The quantitative estimate of drug-likeness (QED) is 0.277. The van der Waals surface area contributed by atoms with Gasteiger partial charge in [-0.1, -0.05) is 85.4 Å². The van der Waals surface area contributed by atoms with E-state index in [0.717, 1.165) is 0 Å². The number of fused-ring (bicyclic) bond motifs is 5. The van der Waals surface area contributed by atoms with Gasteiger partial charge in [-0.2, -0.15) is 0 Å². The Morgan fingerprint density at radius 1 is 0.857 bits per heavy atom. The SMILES string of the molecule is CCCC(C)c1cc([Si](C)(C)c2ccc3c4cccc[c-]4ccc2-3)c2cc3c(c[c-]12)CCC3.[Li+].[Li+]. The summed E-state index contributed by atoms with van der Waals surface area (Å²) >= 11 is 0. The van der Waals surface area contributed by atoms with Crippen LogP contribution in [0, 0.1) is 0 Å². The van der Waals surface area contributed by atoms with Crippen molar-refractivity contribution in [3.05, 3.63) is 83.4 Å². The van der Waals surface area contributed by atoms with Gasteiger partial charge < -0.3 is 0 Å². The maximum absolute atomic E-state index is 2.63. The molecule has 0 aromatic heterocycles. The third kappa shape index (κ3) is 4.25. The summed E-state index contributed by atoms with van der Waals surface area (Å²) < 4.78 is 0. The fourth-order valence-electron chi connectivity index (χ4n) is 6.57. The van der Waals surface area contributed by atoms with Crippen LogP contribution in [0.5, 0.6) is 0 Å². The third-order valence-corrected chi connectivity index (χ3v) is 12.0. The summed E-state index contributed by atoms with van der Waals surface area (Å²) in [5.41, 5.74) is 7.68. The van der Waals surface area contributed by atoms with Crippen molar-refractivity contribution in [1.29, 1.82) is 0 Å². The molecule has 0 saturated heterocycles. The van der Waals surface area contributed by atoms with Gasteiger partial charge in [0.2, 0.25) is 0 Å². The molecule has 0 bridgehead atoms. The number of hydrogen-bond donors (Lipinski definition) is 0. The Morgan fingerprint density at radius 3 is 2.46 bits per heavy atom. The van der Waals surface area contributed by atoms with E-state index in [1.807, 2.05) is 0 Å². The molecule has 3 aromatic rings. The van der Waals surface area contributed by atoms with Gasteiger partial charge in [0.25, 0.3) is 0 Å². The van der Waals surface area contributed by atoms with Crippen molar-refractivity contribution in [3.63, 3.8) is 0 Å². The van der Waals surface area contributed by atoms with Gasteiger partial charge in [0, 0.05) is 0 Å². The van der Waals surface area contributed by atoms with Crippen LogP contribution in [0.15, 0.2) is 66.7 Å². The molecule has 0 N–H and O–H groups in total. The molecule has 3 aliphatic carbocycles. The van der Waals surface area contributed by atoms with Crippen molar-refractivity contribution in [3.8, 4) is 11.1 Å². The Morgan fingerprint density at radius 2 is 1.66 bits per heavy atom. The number of hydrogen-bond acceptors (Lipinski definition) is 0. The van der Waals surface area contributed by atoms with Crippen LogP contribution in [0.3, 0.4) is 0 Å². The van der Waals surface area contributed by atoms with Crippen LogP contribution in [-0.4, -0.2) is 8.07 Å². The van der Waals surface area contributed by atoms with Crippen molar-refractivity contribution in [2.75, 3.05) is 0 Å². The summed E-state index contributed by atoms with van der Waals surface area (Å²) in [5, 5.41) is 9.06. The zero-order chi connectivity index (χ0) is 22.7. The normalized spacial score (nSPS) is 14.2. The largest absolute Gasteiger partial charge is 1.00 e. The predicted octanol–water partition coefficient (Wildman–Crippen LogP) is 1.76. The summed E-state index contributed by atoms with van der Waals surface area (Å²) in [6.45, 7) is 9.91. The van der Waals surface area contributed by atoms with E-state index in [1.165, 1.54) is 54.0 Å². The maximum Gasteiger partial charge on any atom is 1.00 e. The average molecular weight is 461 g/mol. The molecule has 0 saturated carbocycles. The molecule has 0 fully saturated rings. The summed E-state index contributed by atoms with van der Waals surface area (Å²) in [6, 6.07) is 26.1. The first-order chi connectivity index (χ1) is 16.0. The molecule has 3 aliphatic rings. The van der Waals surface area contributed by atoms with E-state index >= 15 is 0 Å². The Kier molecular flexibility index (Phi) is 7.70. The van der Waals surface area contributed by atoms with E-state index in [9.17, 15) is 0 Å². The minimum absolute atomic E-state index is 0. The first kappa shape index (κ1) is 26.6. The molecule has 1 unspecified atom stereocenters. The summed E-state index contributed by atoms with van der Waals surface area (Å²) in [6.07, 6.45) is 6.34. The molecule has 168 valence electrons. The molecular weight excluding hydrogens is 426 g/mol. The van der Waals surface area contributed by atoms with Gasteiger partial charge >= 0.3 is 37.7 Å². The molecule has 3 aromatic carbocycles. The van der Waals surface area contributed by atoms with Gasteiger partial charge in [0.05, 0.1) is 8.07 Å². The van der Waals surface area contributed by atoms with Gasteiger partial charge in [0.15, 0.2) is 0 Å². The van der Waals surface area contributed by atoms with Crippen LogP contribution >= 0.6 is 0 Å².